The zero-order chi connectivity index (χ0) is 21.3. The third kappa shape index (κ3) is 9.56. The number of carboxylic acids is 1. The normalized spacial score (nSPS) is 15.2. The number of unbranched alkanes of at least 4 members (excludes halogenated alkanes) is 2. The minimum atomic E-state index is -3.48. The van der Waals surface area contributed by atoms with E-state index >= 15 is 0 Å². The number of carboxylic acid groups (broad SMARTS) is 1. The predicted octanol–water partition coefficient (Wildman–Crippen LogP) is 2.83. The van der Waals surface area contributed by atoms with Crippen molar-refractivity contribution in [2.75, 3.05) is 25.4 Å². The maximum atomic E-state index is 13.9. The van der Waals surface area contributed by atoms with Gasteiger partial charge in [0.05, 0.1) is 18.9 Å². The van der Waals surface area contributed by atoms with Gasteiger partial charge in [0.25, 0.3) is 0 Å². The quantitative estimate of drug-likeness (QED) is 0.370. The molecule has 0 unspecified atom stereocenters. The van der Waals surface area contributed by atoms with Gasteiger partial charge in [0.1, 0.15) is 0 Å². The number of ether oxygens (including phenoxy) is 1. The van der Waals surface area contributed by atoms with Gasteiger partial charge in [0, 0.05) is 6.04 Å². The molecule has 0 amide bonds. The summed E-state index contributed by atoms with van der Waals surface area (Å²) >= 11 is 0. The molecule has 9 heteroatoms. The molecule has 0 saturated heterocycles. The van der Waals surface area contributed by atoms with Crippen molar-refractivity contribution in [2.45, 2.75) is 51.5 Å². The molecule has 0 aliphatic heterocycles. The molecule has 0 radical (unpaired) electrons. The number of rotatable bonds is 15. The Morgan fingerprint density at radius 1 is 1.31 bits per heavy atom. The van der Waals surface area contributed by atoms with Crippen LogP contribution in [-0.4, -0.2) is 44.9 Å². The molecule has 2 rings (SSSR count). The summed E-state index contributed by atoms with van der Waals surface area (Å²) in [6, 6.07) is 3.92. The topological polar surface area (TPSA) is 105 Å². The number of benzene rings is 1. The molecular weight excluding hydrogens is 399 g/mol. The number of sulfonamides is 1. The van der Waals surface area contributed by atoms with Crippen molar-refractivity contribution in [3.8, 4) is 5.75 Å². The van der Waals surface area contributed by atoms with Crippen LogP contribution >= 0.6 is 0 Å². The highest BCUT2D eigenvalue weighted by Gasteiger charge is 2.21. The maximum Gasteiger partial charge on any atom is 0.317 e. The number of nitrogens with one attached hydrogen (secondary N) is 2. The van der Waals surface area contributed by atoms with E-state index in [-0.39, 0.29) is 18.0 Å². The van der Waals surface area contributed by atoms with Crippen LogP contribution in [0.25, 0.3) is 0 Å². The fourth-order valence-corrected chi connectivity index (χ4v) is 4.33. The van der Waals surface area contributed by atoms with Gasteiger partial charge in [-0.3, -0.25) is 4.79 Å². The molecule has 0 bridgehead atoms. The number of hydrogen-bond donors (Lipinski definition) is 3. The molecule has 0 heterocycles. The molecule has 1 aromatic carbocycles. The van der Waals surface area contributed by atoms with Gasteiger partial charge >= 0.3 is 5.97 Å². The van der Waals surface area contributed by atoms with Crippen LogP contribution in [0, 0.1) is 11.7 Å². The summed E-state index contributed by atoms with van der Waals surface area (Å²) in [6.07, 6.45) is 5.20. The SMILES string of the molecule is C[C@H](NS(=O)(=O)CCCCCNCC(=O)O)c1ccc(F)c(OCCC2CC2)c1. The summed E-state index contributed by atoms with van der Waals surface area (Å²) in [5, 5.41) is 11.3. The van der Waals surface area contributed by atoms with Crippen molar-refractivity contribution in [1.29, 1.82) is 0 Å². The first-order chi connectivity index (χ1) is 13.8. The zero-order valence-electron chi connectivity index (χ0n) is 16.8. The van der Waals surface area contributed by atoms with Crippen molar-refractivity contribution < 1.29 is 27.4 Å². The lowest BCUT2D eigenvalue weighted by Crippen LogP contribution is -2.29. The van der Waals surface area contributed by atoms with E-state index in [1.807, 2.05) is 0 Å². The lowest BCUT2D eigenvalue weighted by atomic mass is 10.1. The highest BCUT2D eigenvalue weighted by Crippen LogP contribution is 2.32. The molecule has 29 heavy (non-hydrogen) atoms. The molecule has 0 aromatic heterocycles. The average molecular weight is 431 g/mol. The third-order valence-electron chi connectivity index (χ3n) is 4.84. The van der Waals surface area contributed by atoms with Crippen LogP contribution in [0.2, 0.25) is 0 Å². The second-order valence-corrected chi connectivity index (χ2v) is 9.43. The van der Waals surface area contributed by atoms with Gasteiger partial charge < -0.3 is 15.2 Å². The van der Waals surface area contributed by atoms with Crippen LogP contribution in [0.15, 0.2) is 18.2 Å². The molecule has 1 fully saturated rings. The van der Waals surface area contributed by atoms with Crippen molar-refractivity contribution in [2.24, 2.45) is 5.92 Å². The largest absolute Gasteiger partial charge is 0.490 e. The van der Waals surface area contributed by atoms with E-state index in [9.17, 15) is 17.6 Å². The van der Waals surface area contributed by atoms with Gasteiger partial charge in [-0.15, -0.1) is 0 Å². The fraction of sp³-hybridized carbons (Fsp3) is 0.650. The molecule has 1 aromatic rings. The maximum absolute atomic E-state index is 13.9. The van der Waals surface area contributed by atoms with Gasteiger partial charge in [-0.1, -0.05) is 25.3 Å². The Morgan fingerprint density at radius 2 is 2.07 bits per heavy atom. The molecule has 1 atom stereocenters. The Bertz CT molecular complexity index is 768. The summed E-state index contributed by atoms with van der Waals surface area (Å²) in [4.78, 5) is 10.4. The van der Waals surface area contributed by atoms with Crippen molar-refractivity contribution in [1.82, 2.24) is 10.0 Å². The standard InChI is InChI=1S/C20H31FN2O5S/c1-15(23-29(26,27)12-4-2-3-10-22-14-20(24)25)17-7-8-18(21)19(13-17)28-11-9-16-5-6-16/h7-8,13,15-16,22-23H,2-6,9-12,14H2,1H3,(H,24,25)/t15-/m0/s1. The molecular formula is C20H31FN2O5S. The Labute approximate surface area is 172 Å². The van der Waals surface area contributed by atoms with E-state index in [0.29, 0.717) is 43.9 Å². The van der Waals surface area contributed by atoms with E-state index < -0.39 is 27.9 Å². The molecule has 0 spiro atoms. The molecule has 1 aliphatic rings. The van der Waals surface area contributed by atoms with Gasteiger partial charge in [-0.25, -0.2) is 17.5 Å². The molecule has 1 saturated carbocycles. The summed E-state index contributed by atoms with van der Waals surface area (Å²) in [5.41, 5.74) is 0.647. The highest BCUT2D eigenvalue weighted by molar-refractivity contribution is 7.89. The van der Waals surface area contributed by atoms with E-state index in [1.165, 1.54) is 18.9 Å². The smallest absolute Gasteiger partial charge is 0.317 e. The van der Waals surface area contributed by atoms with Gasteiger partial charge in [-0.2, -0.15) is 0 Å². The van der Waals surface area contributed by atoms with E-state index in [0.717, 1.165) is 6.42 Å². The number of hydrogen-bond acceptors (Lipinski definition) is 5. The molecule has 1 aliphatic carbocycles. The minimum absolute atomic E-state index is 0.0117. The minimum Gasteiger partial charge on any atom is -0.490 e. The first-order valence-corrected chi connectivity index (χ1v) is 11.8. The Kier molecular flexibility index (Phi) is 9.32. The van der Waals surface area contributed by atoms with Gasteiger partial charge in [-0.05, 0) is 56.3 Å². The second kappa shape index (κ2) is 11.5. The van der Waals surface area contributed by atoms with Crippen LogP contribution in [0.1, 0.15) is 57.1 Å². The van der Waals surface area contributed by atoms with Crippen LogP contribution in [0.5, 0.6) is 5.75 Å². The van der Waals surface area contributed by atoms with Crippen LogP contribution in [0.4, 0.5) is 4.39 Å². The van der Waals surface area contributed by atoms with E-state index in [4.69, 9.17) is 9.84 Å². The monoisotopic (exact) mass is 430 g/mol. The van der Waals surface area contributed by atoms with Crippen LogP contribution in [-0.2, 0) is 14.8 Å². The first kappa shape index (κ1) is 23.6. The van der Waals surface area contributed by atoms with Gasteiger partial charge in [0.2, 0.25) is 10.0 Å². The molecule has 7 nitrogen and oxygen atoms in total. The second-order valence-electron chi connectivity index (χ2n) is 7.56. The fourth-order valence-electron chi connectivity index (χ4n) is 2.95. The Hall–Kier alpha value is -1.71. The predicted molar refractivity (Wildman–Crippen MR) is 109 cm³/mol. The number of halogens is 1. The first-order valence-electron chi connectivity index (χ1n) is 10.1. The Morgan fingerprint density at radius 3 is 2.76 bits per heavy atom. The number of carbonyl (C=O) groups is 1. The number of aliphatic carboxylic acids is 1. The van der Waals surface area contributed by atoms with Gasteiger partial charge in [0.15, 0.2) is 11.6 Å². The van der Waals surface area contributed by atoms with E-state index in [2.05, 4.69) is 10.0 Å². The summed E-state index contributed by atoms with van der Waals surface area (Å²) in [6.45, 7) is 2.62. The Balaban J connectivity index is 1.75. The highest BCUT2D eigenvalue weighted by atomic mass is 32.2. The average Bonchev–Trinajstić information content (AvgIpc) is 3.46. The van der Waals surface area contributed by atoms with Crippen molar-refractivity contribution >= 4 is 16.0 Å². The van der Waals surface area contributed by atoms with Crippen LogP contribution < -0.4 is 14.8 Å². The zero-order valence-corrected chi connectivity index (χ0v) is 17.6. The summed E-state index contributed by atoms with van der Waals surface area (Å²) in [7, 11) is -3.48. The van der Waals surface area contributed by atoms with Crippen molar-refractivity contribution in [3.63, 3.8) is 0 Å². The van der Waals surface area contributed by atoms with E-state index in [1.54, 1.807) is 19.1 Å². The van der Waals surface area contributed by atoms with Crippen LogP contribution in [0.3, 0.4) is 0 Å². The molecule has 164 valence electrons. The lowest BCUT2D eigenvalue weighted by molar-refractivity contribution is -0.135. The lowest BCUT2D eigenvalue weighted by Gasteiger charge is -2.16. The summed E-state index contributed by atoms with van der Waals surface area (Å²) < 4.78 is 46.7. The van der Waals surface area contributed by atoms with Crippen molar-refractivity contribution in [3.05, 3.63) is 29.6 Å². The summed E-state index contributed by atoms with van der Waals surface area (Å²) in [5.74, 6) is -0.524. The third-order valence-corrected chi connectivity index (χ3v) is 6.37. The molecule has 3 N–H and O–H groups in total.